The van der Waals surface area contributed by atoms with Gasteiger partial charge in [0.1, 0.15) is 18.1 Å². The Bertz CT molecular complexity index is 1620. The summed E-state index contributed by atoms with van der Waals surface area (Å²) >= 11 is 1.68. The van der Waals surface area contributed by atoms with Crippen molar-refractivity contribution in [3.63, 3.8) is 0 Å². The molecule has 1 aliphatic rings. The van der Waals surface area contributed by atoms with Crippen molar-refractivity contribution in [3.05, 3.63) is 131 Å². The summed E-state index contributed by atoms with van der Waals surface area (Å²) in [6.07, 6.45) is 1.01. The van der Waals surface area contributed by atoms with E-state index >= 15 is 0 Å². The first-order valence-electron chi connectivity index (χ1n) is 14.1. The average Bonchev–Trinajstić information content (AvgIpc) is 3.67. The Balaban J connectivity index is 1.11. The first-order valence-corrected chi connectivity index (χ1v) is 15.0. The van der Waals surface area contributed by atoms with Crippen molar-refractivity contribution in [2.24, 2.45) is 0 Å². The van der Waals surface area contributed by atoms with Crippen molar-refractivity contribution < 1.29 is 19.4 Å². The molecule has 0 radical (unpaired) electrons. The smallest absolute Gasteiger partial charge is 0.304 e. The van der Waals surface area contributed by atoms with Crippen LogP contribution in [-0.2, 0) is 24.4 Å². The van der Waals surface area contributed by atoms with Crippen molar-refractivity contribution in [2.75, 3.05) is 18.1 Å². The molecule has 1 aromatic heterocycles. The molecule has 0 saturated carbocycles. The second-order valence-electron chi connectivity index (χ2n) is 10.4. The number of benzene rings is 4. The standard InChI is InChI=1S/C35H32N2O4S/c38-34(39)19-29-23-41-33-20-30(15-16-31(29)33)40-22-27-13-11-26(12-14-27)21-37(18-17-25-7-3-1-4-8-25)35-36-32(24-42-35)28-9-5-2-6-10-28/h1-16,20,24,29H,17-19,21-23H2,(H,38,39). The lowest BCUT2D eigenvalue weighted by Crippen LogP contribution is -2.25. The maximum absolute atomic E-state index is 11.1. The number of fused-ring (bicyclic) bond motifs is 1. The van der Waals surface area contributed by atoms with Crippen molar-refractivity contribution in [1.82, 2.24) is 4.98 Å². The van der Waals surface area contributed by atoms with Crippen LogP contribution in [0.25, 0.3) is 11.3 Å². The Labute approximate surface area is 249 Å². The van der Waals surface area contributed by atoms with Gasteiger partial charge in [-0.05, 0) is 29.2 Å². The Morgan fingerprint density at radius 3 is 2.43 bits per heavy atom. The van der Waals surface area contributed by atoms with E-state index in [0.717, 1.165) is 47.0 Å². The molecule has 5 aromatic rings. The van der Waals surface area contributed by atoms with Crippen LogP contribution in [0.3, 0.4) is 0 Å². The number of hydrogen-bond acceptors (Lipinski definition) is 6. The summed E-state index contributed by atoms with van der Waals surface area (Å²) in [6, 6.07) is 35.1. The Kier molecular flexibility index (Phi) is 8.47. The molecule has 1 unspecified atom stereocenters. The van der Waals surface area contributed by atoms with Gasteiger partial charge >= 0.3 is 5.97 Å². The van der Waals surface area contributed by atoms with Gasteiger partial charge in [0.15, 0.2) is 5.13 Å². The normalized spacial score (nSPS) is 13.8. The fraction of sp³-hybridized carbons (Fsp3) is 0.200. The molecular formula is C35H32N2O4S. The Hall–Kier alpha value is -4.62. The number of thiazole rings is 1. The minimum atomic E-state index is -0.817. The lowest BCUT2D eigenvalue weighted by molar-refractivity contribution is -0.137. The van der Waals surface area contributed by atoms with Gasteiger partial charge in [-0.2, -0.15) is 0 Å². The minimum absolute atomic E-state index is 0.0694. The molecule has 6 nitrogen and oxygen atoms in total. The zero-order chi connectivity index (χ0) is 28.7. The summed E-state index contributed by atoms with van der Waals surface area (Å²) in [4.78, 5) is 18.5. The number of carboxylic acids is 1. The number of aliphatic carboxylic acids is 1. The molecule has 0 fully saturated rings. The summed E-state index contributed by atoms with van der Waals surface area (Å²) in [7, 11) is 0. The molecule has 0 aliphatic carbocycles. The molecule has 1 N–H and O–H groups in total. The Morgan fingerprint density at radius 2 is 1.67 bits per heavy atom. The van der Waals surface area contributed by atoms with Crippen LogP contribution in [0.1, 0.15) is 34.6 Å². The molecule has 0 spiro atoms. The van der Waals surface area contributed by atoms with Crippen LogP contribution in [0, 0.1) is 0 Å². The maximum Gasteiger partial charge on any atom is 0.304 e. The summed E-state index contributed by atoms with van der Waals surface area (Å²) < 4.78 is 11.8. The lowest BCUT2D eigenvalue weighted by Gasteiger charge is -2.22. The number of anilines is 1. The third-order valence-electron chi connectivity index (χ3n) is 7.43. The number of rotatable bonds is 12. The van der Waals surface area contributed by atoms with E-state index in [9.17, 15) is 4.79 Å². The summed E-state index contributed by atoms with van der Waals surface area (Å²) in [6.45, 7) is 2.45. The third-order valence-corrected chi connectivity index (χ3v) is 8.33. The monoisotopic (exact) mass is 576 g/mol. The lowest BCUT2D eigenvalue weighted by atomic mass is 9.98. The molecule has 212 valence electrons. The molecule has 4 aromatic carbocycles. The number of nitrogens with zero attached hydrogens (tertiary/aromatic N) is 2. The summed E-state index contributed by atoms with van der Waals surface area (Å²) in [5, 5.41) is 12.3. The van der Waals surface area contributed by atoms with Gasteiger partial charge in [-0.1, -0.05) is 91.0 Å². The third kappa shape index (κ3) is 6.81. The predicted molar refractivity (Wildman–Crippen MR) is 166 cm³/mol. The fourth-order valence-electron chi connectivity index (χ4n) is 5.16. The number of ether oxygens (including phenoxy) is 2. The molecule has 1 aliphatic heterocycles. The minimum Gasteiger partial charge on any atom is -0.492 e. The van der Waals surface area contributed by atoms with E-state index in [1.54, 1.807) is 11.3 Å². The van der Waals surface area contributed by atoms with Crippen LogP contribution in [0.5, 0.6) is 11.5 Å². The molecule has 0 bridgehead atoms. The number of carboxylic acid groups (broad SMARTS) is 1. The van der Waals surface area contributed by atoms with Crippen molar-refractivity contribution >= 4 is 22.4 Å². The highest BCUT2D eigenvalue weighted by atomic mass is 32.1. The van der Waals surface area contributed by atoms with Gasteiger partial charge in [0.05, 0.1) is 18.7 Å². The highest BCUT2D eigenvalue weighted by Crippen LogP contribution is 2.38. The Morgan fingerprint density at radius 1 is 0.929 bits per heavy atom. The fourth-order valence-corrected chi connectivity index (χ4v) is 6.02. The molecule has 6 rings (SSSR count). The van der Waals surface area contributed by atoms with Gasteiger partial charge in [-0.15, -0.1) is 11.3 Å². The predicted octanol–water partition coefficient (Wildman–Crippen LogP) is 7.59. The molecule has 2 heterocycles. The van der Waals surface area contributed by atoms with Crippen LogP contribution >= 0.6 is 11.3 Å². The molecule has 7 heteroatoms. The van der Waals surface area contributed by atoms with Gasteiger partial charge in [0.2, 0.25) is 0 Å². The zero-order valence-electron chi connectivity index (χ0n) is 23.2. The van der Waals surface area contributed by atoms with Crippen LogP contribution < -0.4 is 14.4 Å². The van der Waals surface area contributed by atoms with E-state index in [4.69, 9.17) is 19.6 Å². The maximum atomic E-state index is 11.1. The largest absolute Gasteiger partial charge is 0.492 e. The van der Waals surface area contributed by atoms with E-state index < -0.39 is 5.97 Å². The van der Waals surface area contributed by atoms with Crippen molar-refractivity contribution in [2.45, 2.75) is 31.9 Å². The molecule has 1 atom stereocenters. The van der Waals surface area contributed by atoms with Gasteiger partial charge in [0, 0.05) is 41.6 Å². The van der Waals surface area contributed by atoms with E-state index in [1.807, 2.05) is 36.4 Å². The van der Waals surface area contributed by atoms with Gasteiger partial charge in [-0.25, -0.2) is 4.98 Å². The van der Waals surface area contributed by atoms with Crippen molar-refractivity contribution in [1.29, 1.82) is 0 Å². The van der Waals surface area contributed by atoms with Gasteiger partial charge < -0.3 is 19.5 Å². The van der Waals surface area contributed by atoms with Gasteiger partial charge in [-0.3, -0.25) is 4.79 Å². The molecule has 0 saturated heterocycles. The van der Waals surface area contributed by atoms with Crippen molar-refractivity contribution in [3.8, 4) is 22.8 Å². The average molecular weight is 577 g/mol. The van der Waals surface area contributed by atoms with E-state index in [-0.39, 0.29) is 12.3 Å². The number of carbonyl (C=O) groups is 1. The summed E-state index contributed by atoms with van der Waals surface area (Å²) in [5.41, 5.74) is 6.65. The second-order valence-corrected chi connectivity index (χ2v) is 11.3. The van der Waals surface area contributed by atoms with E-state index in [2.05, 4.69) is 77.0 Å². The van der Waals surface area contributed by atoms with E-state index in [0.29, 0.717) is 24.7 Å². The zero-order valence-corrected chi connectivity index (χ0v) is 24.0. The molecule has 42 heavy (non-hydrogen) atoms. The molecule has 0 amide bonds. The highest BCUT2D eigenvalue weighted by molar-refractivity contribution is 7.14. The second kappa shape index (κ2) is 12.9. The summed E-state index contributed by atoms with van der Waals surface area (Å²) in [5.74, 6) is 0.491. The SMILES string of the molecule is O=C(O)CC1COc2cc(OCc3ccc(CN(CCc4ccccc4)c4nc(-c5ccccc5)cs4)cc3)ccc21. The quantitative estimate of drug-likeness (QED) is 0.165. The first kappa shape index (κ1) is 27.5. The van der Waals surface area contributed by atoms with E-state index in [1.165, 1.54) is 11.1 Å². The topological polar surface area (TPSA) is 71.9 Å². The van der Waals surface area contributed by atoms with Gasteiger partial charge in [0.25, 0.3) is 0 Å². The molecular weight excluding hydrogens is 544 g/mol. The van der Waals surface area contributed by atoms with Crippen LogP contribution in [0.15, 0.2) is 109 Å². The van der Waals surface area contributed by atoms with Crippen LogP contribution in [-0.4, -0.2) is 29.2 Å². The highest BCUT2D eigenvalue weighted by Gasteiger charge is 2.26. The number of aromatic nitrogens is 1. The number of hydrogen-bond donors (Lipinski definition) is 1. The first-order chi connectivity index (χ1) is 20.6. The van der Waals surface area contributed by atoms with Crippen LogP contribution in [0.2, 0.25) is 0 Å². The van der Waals surface area contributed by atoms with Crippen LogP contribution in [0.4, 0.5) is 5.13 Å².